The molecule has 4 aliphatic rings. The van der Waals surface area contributed by atoms with Crippen molar-refractivity contribution in [1.29, 1.82) is 0 Å². The molecule has 3 aromatic heterocycles. The Kier molecular flexibility index (Phi) is 27.1. The van der Waals surface area contributed by atoms with Crippen molar-refractivity contribution in [1.82, 2.24) is 14.1 Å². The molecule has 5 N–H and O–H groups in total. The molecule has 94 heavy (non-hydrogen) atoms. The number of nitrogen functional groups attached to an aromatic ring is 1. The fraction of sp³-hybridized carbons (Fsp3) is 0.213. The van der Waals surface area contributed by atoms with Crippen molar-refractivity contribution >= 4 is 159 Å². The molecule has 490 valence electrons. The summed E-state index contributed by atoms with van der Waals surface area (Å²) in [6.07, 6.45) is 14.9. The number of aromatic amines is 1. The summed E-state index contributed by atoms with van der Waals surface area (Å²) in [6.45, 7) is 13.4. The molecule has 1 aliphatic heterocycles. The summed E-state index contributed by atoms with van der Waals surface area (Å²) in [5, 5.41) is 8.06. The van der Waals surface area contributed by atoms with E-state index in [4.69, 9.17) is 52.2 Å². The van der Waals surface area contributed by atoms with E-state index in [0.29, 0.717) is 29.5 Å². The molecule has 3 unspecified atom stereocenters. The number of para-hydroxylation sites is 3. The van der Waals surface area contributed by atoms with Crippen LogP contribution in [-0.2, 0) is 14.4 Å². The number of hydrogen-bond donors (Lipinski definition) is 4. The molecule has 4 heterocycles. The van der Waals surface area contributed by atoms with Gasteiger partial charge < -0.3 is 24.9 Å². The first-order valence-electron chi connectivity index (χ1n) is 30.5. The zero-order valence-electron chi connectivity index (χ0n) is 52.0. The predicted molar refractivity (Wildman–Crippen MR) is 384 cm³/mol. The fourth-order valence-corrected chi connectivity index (χ4v) is 12.4. The number of hydrogen-bond acceptors (Lipinski definition) is 6. The average molecular weight is 1380 g/mol. The van der Waals surface area contributed by atoms with Crippen LogP contribution < -0.4 is 16.6 Å². The molecule has 19 heteroatoms. The number of nitrogens with one attached hydrogen (secondary N) is 3. The number of aromatic nitrogens is 3. The molecule has 2 fully saturated rings. The molecule has 3 atom stereocenters. The number of carbonyl (C=O) groups excluding carboxylic acids is 3. The highest BCUT2D eigenvalue weighted by atomic mass is 35.5. The van der Waals surface area contributed by atoms with E-state index in [0.717, 1.165) is 97.7 Å². The highest BCUT2D eigenvalue weighted by Crippen LogP contribution is 2.44. The maximum Gasteiger partial charge on any atom is 0.219 e. The van der Waals surface area contributed by atoms with Crippen LogP contribution in [0.5, 0.6) is 0 Å². The Hall–Kier alpha value is -8.21. The molecule has 2 saturated carbocycles. The molecule has 0 bridgehead atoms. The maximum absolute atomic E-state index is 13.4. The quantitative estimate of drug-likeness (QED) is 0.0457. The van der Waals surface area contributed by atoms with E-state index in [9.17, 15) is 36.3 Å². The first-order valence-corrected chi connectivity index (χ1v) is 32.1. The lowest BCUT2D eigenvalue weighted by Gasteiger charge is -2.25. The molecule has 8 aromatic carbocycles. The summed E-state index contributed by atoms with van der Waals surface area (Å²) in [6, 6.07) is 50.7. The van der Waals surface area contributed by atoms with Crippen LogP contribution in [0.3, 0.4) is 0 Å². The second-order valence-electron chi connectivity index (χ2n) is 22.3. The van der Waals surface area contributed by atoms with Gasteiger partial charge in [0.1, 0.15) is 55.0 Å². The SMILES string of the molecule is C=CC.C=Cn1c2ccccc2c2cc(F)ccc21.CCC(C)n1c2ccccc2c2cc(F)ccc21.Cl.Fc1ccc2[nH]c3ccccc3c2c1.Fc1ccc2c(c1)C1CCCCC1N2.NNc1ccc(F)cc1.O=C1C(Cl)=C(Cl)C(=O)C(Cl)=C1Cl.O=C1CCCCC1. The lowest BCUT2D eigenvalue weighted by atomic mass is 9.83. The van der Waals surface area contributed by atoms with E-state index in [-0.39, 0.29) is 41.5 Å². The van der Waals surface area contributed by atoms with Gasteiger partial charge in [0, 0.05) is 103 Å². The Balaban J connectivity index is 0.000000156. The molecule has 11 aromatic rings. The third kappa shape index (κ3) is 17.8. The molecule has 3 aliphatic carbocycles. The second kappa shape index (κ2) is 34.8. The summed E-state index contributed by atoms with van der Waals surface area (Å²) in [4.78, 5) is 35.7. The van der Waals surface area contributed by atoms with Crippen molar-refractivity contribution in [3.8, 4) is 0 Å². The number of Topliss-reactive ketones (excluding diaryl/α,β-unsaturated/α-hetero) is 3. The van der Waals surface area contributed by atoms with Crippen molar-refractivity contribution in [2.45, 2.75) is 103 Å². The minimum absolute atomic E-state index is 0. The predicted octanol–water partition coefficient (Wildman–Crippen LogP) is 22.4. The van der Waals surface area contributed by atoms with E-state index in [2.05, 4.69) is 59.4 Å². The number of H-pyrrole nitrogens is 1. The highest BCUT2D eigenvalue weighted by Gasteiger charge is 2.34. The number of anilines is 2. The monoisotopic (exact) mass is 1370 g/mol. The van der Waals surface area contributed by atoms with E-state index in [1.807, 2.05) is 84.3 Å². The number of halogens is 10. The Bertz CT molecular complexity index is 4490. The van der Waals surface area contributed by atoms with Crippen LogP contribution in [0.25, 0.3) is 71.6 Å². The normalized spacial score (nSPS) is 15.6. The third-order valence-electron chi connectivity index (χ3n) is 16.2. The molecule has 0 spiro atoms. The minimum Gasteiger partial charge on any atom is -0.381 e. The smallest absolute Gasteiger partial charge is 0.219 e. The van der Waals surface area contributed by atoms with Gasteiger partial charge in [-0.1, -0.05) is 140 Å². The van der Waals surface area contributed by atoms with Crippen molar-refractivity contribution in [3.63, 3.8) is 0 Å². The van der Waals surface area contributed by atoms with Gasteiger partial charge in [-0.25, -0.2) is 22.0 Å². The topological polar surface area (TPSA) is 127 Å². The fourth-order valence-electron chi connectivity index (χ4n) is 11.6. The first kappa shape index (κ1) is 73.2. The van der Waals surface area contributed by atoms with E-state index < -0.39 is 31.7 Å². The summed E-state index contributed by atoms with van der Waals surface area (Å²) in [7, 11) is 0. The summed E-state index contributed by atoms with van der Waals surface area (Å²) >= 11 is 21.5. The summed E-state index contributed by atoms with van der Waals surface area (Å²) < 4.78 is 69.3. The molecule has 0 amide bonds. The van der Waals surface area contributed by atoms with E-state index >= 15 is 0 Å². The van der Waals surface area contributed by atoms with E-state index in [1.54, 1.807) is 72.9 Å². The van der Waals surface area contributed by atoms with Gasteiger partial charge in [0.2, 0.25) is 11.6 Å². The van der Waals surface area contributed by atoms with Crippen molar-refractivity contribution in [3.05, 3.63) is 244 Å². The van der Waals surface area contributed by atoms with Gasteiger partial charge >= 0.3 is 0 Å². The number of rotatable bonds is 4. The van der Waals surface area contributed by atoms with Gasteiger partial charge in [0.25, 0.3) is 0 Å². The number of hydrazine groups is 1. The van der Waals surface area contributed by atoms with Gasteiger partial charge in [-0.15, -0.1) is 19.0 Å². The Morgan fingerprint density at radius 1 is 0.553 bits per heavy atom. The minimum atomic E-state index is -0.729. The number of ketones is 3. The van der Waals surface area contributed by atoms with Crippen LogP contribution >= 0.6 is 58.8 Å². The van der Waals surface area contributed by atoms with Crippen LogP contribution in [0, 0.1) is 29.1 Å². The number of nitrogens with two attached hydrogens (primary N) is 1. The Labute approximate surface area is 569 Å². The van der Waals surface area contributed by atoms with Crippen LogP contribution in [0.2, 0.25) is 0 Å². The number of allylic oxidation sites excluding steroid dienone is 5. The maximum atomic E-state index is 13.4. The molecule has 15 rings (SSSR count). The van der Waals surface area contributed by atoms with Crippen LogP contribution in [0.4, 0.5) is 33.3 Å². The molecular formula is C75H72Cl5F5N6O3. The standard InChI is InChI=1S/C16H16FN.C14H10FN.C12H14FN.C12H8FN.C6Cl4O2.C6H7FN2.C6H10O.C3H6.ClH/c1-3-11(2)18-15-7-5-4-6-13(15)14-10-12(17)8-9-16(14)18;1-2-16-13-6-4-3-5-11(13)12-9-10(15)7-8-14(12)16;2*13-8-5-6-12-10(7-8)9-3-1-2-4-11(9)14-12;7-1-2(8)6(12)4(10)3(9)5(1)11;7-5-1-3-6(9-8)4-2-5;7-6-4-2-1-3-5-6;1-3-2;/h4-11H,3H2,1-2H3;2-9H,1H2;5-7,9,11,14H,1-4H2;1-7,14H;;1-4,9H,8H2;1-5H2;3H,1H2,2H3;1H. The first-order chi connectivity index (χ1) is 44.8. The number of carbonyl (C=O) groups is 3. The molecule has 0 saturated heterocycles. The van der Waals surface area contributed by atoms with E-state index in [1.165, 1.54) is 67.4 Å². The van der Waals surface area contributed by atoms with Crippen molar-refractivity contribution in [2.24, 2.45) is 5.84 Å². The van der Waals surface area contributed by atoms with Crippen molar-refractivity contribution in [2.75, 3.05) is 10.7 Å². The number of nitrogens with zero attached hydrogens (tertiary/aromatic N) is 2. The van der Waals surface area contributed by atoms with Crippen LogP contribution in [0.1, 0.15) is 103 Å². The third-order valence-corrected chi connectivity index (χ3v) is 17.8. The zero-order valence-corrected chi connectivity index (χ0v) is 55.9. The van der Waals surface area contributed by atoms with Crippen molar-refractivity contribution < 1.29 is 36.3 Å². The molecule has 0 radical (unpaired) electrons. The summed E-state index contributed by atoms with van der Waals surface area (Å²) in [5.41, 5.74) is 11.8. The van der Waals surface area contributed by atoms with Gasteiger partial charge in [-0.05, 0) is 167 Å². The zero-order chi connectivity index (χ0) is 66.9. The molecule has 9 nitrogen and oxygen atoms in total. The van der Waals surface area contributed by atoms with Crippen LogP contribution in [-0.4, -0.2) is 37.5 Å². The number of benzene rings is 8. The Morgan fingerprint density at radius 2 is 1.00 bits per heavy atom. The lowest BCUT2D eigenvalue weighted by molar-refractivity contribution is -0.120. The Morgan fingerprint density at radius 3 is 1.56 bits per heavy atom. The summed E-state index contributed by atoms with van der Waals surface area (Å²) in [5.74, 6) is 3.67. The second-order valence-corrected chi connectivity index (χ2v) is 23.9. The van der Waals surface area contributed by atoms with Gasteiger partial charge in [0.15, 0.2) is 0 Å². The average Bonchev–Trinajstić information content (AvgIpc) is 1.63. The van der Waals surface area contributed by atoms with Crippen LogP contribution in [0.15, 0.2) is 209 Å². The van der Waals surface area contributed by atoms with Gasteiger partial charge in [-0.2, -0.15) is 0 Å². The number of fused-ring (bicyclic) bond motifs is 12. The van der Waals surface area contributed by atoms with Gasteiger partial charge in [0.05, 0.1) is 11.0 Å². The molecular weight excluding hydrogens is 1310 g/mol. The largest absolute Gasteiger partial charge is 0.381 e. The van der Waals surface area contributed by atoms with Gasteiger partial charge in [-0.3, -0.25) is 20.2 Å². The lowest BCUT2D eigenvalue weighted by Crippen LogP contribution is -2.23. The highest BCUT2D eigenvalue weighted by molar-refractivity contribution is 6.69.